The smallest absolute Gasteiger partial charge is 0.321 e. The molecule has 0 atom stereocenters. The highest BCUT2D eigenvalue weighted by atomic mass is 127. The van der Waals surface area contributed by atoms with Crippen LogP contribution in [0.15, 0.2) is 29.3 Å². The van der Waals surface area contributed by atoms with E-state index in [1.807, 2.05) is 23.1 Å². The fourth-order valence-corrected chi connectivity index (χ4v) is 4.02. The highest BCUT2D eigenvalue weighted by molar-refractivity contribution is 14.0. The molecule has 1 aromatic rings. The summed E-state index contributed by atoms with van der Waals surface area (Å²) in [5, 5.41) is 6.42. The Labute approximate surface area is 204 Å². The second-order valence-electron chi connectivity index (χ2n) is 8.26. The molecule has 0 unspecified atom stereocenters. The zero-order chi connectivity index (χ0) is 21.2. The van der Waals surface area contributed by atoms with Crippen LogP contribution in [0.1, 0.15) is 44.6 Å². The number of anilines is 1. The van der Waals surface area contributed by atoms with Crippen molar-refractivity contribution in [2.45, 2.75) is 45.6 Å². The second-order valence-corrected chi connectivity index (χ2v) is 8.26. The number of carbonyl (C=O) groups is 1. The van der Waals surface area contributed by atoms with E-state index < -0.39 is 0 Å². The third kappa shape index (κ3) is 8.48. The molecule has 7 nitrogen and oxygen atoms in total. The molecule has 2 aliphatic rings. The van der Waals surface area contributed by atoms with Crippen LogP contribution >= 0.6 is 24.0 Å². The fraction of sp³-hybridized carbons (Fsp3) is 0.652. The van der Waals surface area contributed by atoms with Crippen molar-refractivity contribution in [3.63, 3.8) is 0 Å². The minimum Gasteiger partial charge on any atom is -0.381 e. The van der Waals surface area contributed by atoms with Crippen LogP contribution in [0.25, 0.3) is 0 Å². The summed E-state index contributed by atoms with van der Waals surface area (Å²) in [7, 11) is 2.10. The molecule has 31 heavy (non-hydrogen) atoms. The summed E-state index contributed by atoms with van der Waals surface area (Å²) in [4.78, 5) is 21.3. The second kappa shape index (κ2) is 13.8. The van der Waals surface area contributed by atoms with Crippen LogP contribution in [0.2, 0.25) is 0 Å². The number of likely N-dealkylation sites (tertiary alicyclic amines) is 1. The third-order valence-corrected chi connectivity index (χ3v) is 5.89. The van der Waals surface area contributed by atoms with Crippen molar-refractivity contribution in [2.75, 3.05) is 51.8 Å². The number of amides is 2. The van der Waals surface area contributed by atoms with Gasteiger partial charge in [-0.1, -0.05) is 12.1 Å². The zero-order valence-electron chi connectivity index (χ0n) is 18.9. The van der Waals surface area contributed by atoms with E-state index in [1.165, 1.54) is 6.42 Å². The van der Waals surface area contributed by atoms with E-state index in [0.29, 0.717) is 6.54 Å². The van der Waals surface area contributed by atoms with Crippen LogP contribution < -0.4 is 10.6 Å². The molecule has 0 aliphatic carbocycles. The van der Waals surface area contributed by atoms with Gasteiger partial charge in [-0.15, -0.1) is 24.0 Å². The zero-order valence-corrected chi connectivity index (χ0v) is 21.3. The number of urea groups is 1. The van der Waals surface area contributed by atoms with E-state index >= 15 is 0 Å². The molecular formula is C23H38IN5O2. The van der Waals surface area contributed by atoms with Crippen LogP contribution in [0, 0.1) is 5.92 Å². The first-order chi connectivity index (χ1) is 14.7. The summed E-state index contributed by atoms with van der Waals surface area (Å²) in [6, 6.07) is 7.98. The number of ether oxygens (including phenoxy) is 1. The van der Waals surface area contributed by atoms with Gasteiger partial charge in [0.05, 0.1) is 6.54 Å². The molecule has 2 fully saturated rings. The van der Waals surface area contributed by atoms with Gasteiger partial charge in [0, 0.05) is 52.1 Å². The van der Waals surface area contributed by atoms with Crippen LogP contribution in [0.4, 0.5) is 10.5 Å². The average molecular weight is 543 g/mol. The van der Waals surface area contributed by atoms with E-state index in [-0.39, 0.29) is 30.0 Å². The summed E-state index contributed by atoms with van der Waals surface area (Å²) in [6.45, 7) is 7.99. The van der Waals surface area contributed by atoms with E-state index in [9.17, 15) is 4.79 Å². The number of hydrogen-bond acceptors (Lipinski definition) is 3. The molecule has 0 saturated carbocycles. The maximum Gasteiger partial charge on any atom is 0.321 e. The molecule has 0 aromatic heterocycles. The van der Waals surface area contributed by atoms with Crippen molar-refractivity contribution in [1.82, 2.24) is 15.1 Å². The standard InChI is InChI=1S/C23H37N5O2.HI/c1-3-24-22(27(2)14-9-19-10-15-30-16-11-19)25-18-20-7-6-8-21(17-20)26-23(29)28-12-4-5-13-28;/h6-8,17,19H,3-5,9-16,18H2,1-2H3,(H,24,25)(H,26,29);1H. The molecule has 2 heterocycles. The SMILES string of the molecule is CCNC(=NCc1cccc(NC(=O)N2CCCC2)c1)N(C)CCC1CCOCC1.I. The van der Waals surface area contributed by atoms with Crippen LogP contribution in [0.5, 0.6) is 0 Å². The van der Waals surface area contributed by atoms with Crippen molar-refractivity contribution in [2.24, 2.45) is 10.9 Å². The highest BCUT2D eigenvalue weighted by Gasteiger charge is 2.18. The largest absolute Gasteiger partial charge is 0.381 e. The van der Waals surface area contributed by atoms with Crippen LogP contribution in [-0.4, -0.2) is 68.2 Å². The molecule has 1 aromatic carbocycles. The van der Waals surface area contributed by atoms with Gasteiger partial charge in [-0.05, 0) is 62.6 Å². The molecule has 2 amide bonds. The number of carbonyl (C=O) groups excluding carboxylic acids is 1. The number of guanidine groups is 1. The van der Waals surface area contributed by atoms with E-state index in [0.717, 1.165) is 88.2 Å². The van der Waals surface area contributed by atoms with Gasteiger partial charge in [0.25, 0.3) is 0 Å². The number of benzene rings is 1. The molecule has 2 aliphatic heterocycles. The number of halogens is 1. The van der Waals surface area contributed by atoms with Crippen molar-refractivity contribution >= 4 is 41.7 Å². The quantitative estimate of drug-likeness (QED) is 0.308. The third-order valence-electron chi connectivity index (χ3n) is 5.89. The lowest BCUT2D eigenvalue weighted by atomic mass is 9.96. The summed E-state index contributed by atoms with van der Waals surface area (Å²) in [5.41, 5.74) is 1.92. The number of hydrogen-bond donors (Lipinski definition) is 2. The Bertz CT molecular complexity index is 703. The molecule has 0 bridgehead atoms. The van der Waals surface area contributed by atoms with Crippen molar-refractivity contribution in [3.8, 4) is 0 Å². The lowest BCUT2D eigenvalue weighted by Crippen LogP contribution is -2.40. The summed E-state index contributed by atoms with van der Waals surface area (Å²) in [5.74, 6) is 1.68. The van der Waals surface area contributed by atoms with Gasteiger partial charge in [-0.2, -0.15) is 0 Å². The Balaban J connectivity index is 0.00000341. The molecular weight excluding hydrogens is 505 g/mol. The monoisotopic (exact) mass is 543 g/mol. The van der Waals surface area contributed by atoms with E-state index in [2.05, 4.69) is 35.6 Å². The Hall–Kier alpha value is -1.55. The predicted octanol–water partition coefficient (Wildman–Crippen LogP) is 4.15. The molecule has 0 spiro atoms. The van der Waals surface area contributed by atoms with Gasteiger partial charge in [0.2, 0.25) is 0 Å². The summed E-state index contributed by atoms with van der Waals surface area (Å²) < 4.78 is 5.46. The number of nitrogens with one attached hydrogen (secondary N) is 2. The van der Waals surface area contributed by atoms with Crippen molar-refractivity contribution < 1.29 is 9.53 Å². The number of nitrogens with zero attached hydrogens (tertiary/aromatic N) is 3. The van der Waals surface area contributed by atoms with Crippen LogP contribution in [0.3, 0.4) is 0 Å². The molecule has 2 N–H and O–H groups in total. The first-order valence-corrected chi connectivity index (χ1v) is 11.4. The number of aliphatic imine (C=N–C) groups is 1. The lowest BCUT2D eigenvalue weighted by molar-refractivity contribution is 0.0625. The van der Waals surface area contributed by atoms with Gasteiger partial charge in [-0.25, -0.2) is 9.79 Å². The molecule has 8 heteroatoms. The Morgan fingerprint density at radius 2 is 2.00 bits per heavy atom. The predicted molar refractivity (Wildman–Crippen MR) is 137 cm³/mol. The lowest BCUT2D eigenvalue weighted by Gasteiger charge is -2.26. The van der Waals surface area contributed by atoms with E-state index in [4.69, 9.17) is 9.73 Å². The molecule has 3 rings (SSSR count). The van der Waals surface area contributed by atoms with E-state index in [1.54, 1.807) is 0 Å². The summed E-state index contributed by atoms with van der Waals surface area (Å²) >= 11 is 0. The Kier molecular flexibility index (Phi) is 11.4. The maximum atomic E-state index is 12.3. The maximum absolute atomic E-state index is 12.3. The average Bonchev–Trinajstić information content (AvgIpc) is 3.31. The first kappa shape index (κ1) is 25.7. The number of rotatable bonds is 7. The normalized spacial score (nSPS) is 17.2. The molecule has 174 valence electrons. The topological polar surface area (TPSA) is 69.2 Å². The summed E-state index contributed by atoms with van der Waals surface area (Å²) in [6.07, 6.45) is 5.69. The van der Waals surface area contributed by atoms with Gasteiger partial charge in [0.1, 0.15) is 0 Å². The van der Waals surface area contributed by atoms with Gasteiger partial charge >= 0.3 is 6.03 Å². The first-order valence-electron chi connectivity index (χ1n) is 11.4. The van der Waals surface area contributed by atoms with Gasteiger partial charge in [-0.3, -0.25) is 0 Å². The fourth-order valence-electron chi connectivity index (χ4n) is 4.02. The van der Waals surface area contributed by atoms with Crippen LogP contribution in [-0.2, 0) is 11.3 Å². The Morgan fingerprint density at radius 1 is 1.26 bits per heavy atom. The minimum atomic E-state index is -0.00524. The minimum absolute atomic E-state index is 0. The van der Waals surface area contributed by atoms with Gasteiger partial charge in [0.15, 0.2) is 5.96 Å². The highest BCUT2D eigenvalue weighted by Crippen LogP contribution is 2.19. The molecule has 0 radical (unpaired) electrons. The van der Waals surface area contributed by atoms with Crippen molar-refractivity contribution in [3.05, 3.63) is 29.8 Å². The molecule has 2 saturated heterocycles. The Morgan fingerprint density at radius 3 is 2.71 bits per heavy atom. The van der Waals surface area contributed by atoms with Crippen molar-refractivity contribution in [1.29, 1.82) is 0 Å². The van der Waals surface area contributed by atoms with Gasteiger partial charge < -0.3 is 25.2 Å².